The van der Waals surface area contributed by atoms with Gasteiger partial charge in [-0.2, -0.15) is 0 Å². The molecule has 0 aliphatic rings. The van der Waals surface area contributed by atoms with Crippen LogP contribution in [0.4, 0.5) is 0 Å². The van der Waals surface area contributed by atoms with Gasteiger partial charge in [0, 0.05) is 34.3 Å². The Kier molecular flexibility index (Phi) is 5.43. The van der Waals surface area contributed by atoms with Crippen LogP contribution in [0.5, 0.6) is 5.75 Å². The maximum atomic E-state index is 12.1. The number of aromatic amines is 1. The molecule has 1 amide bonds. The monoisotopic (exact) mass is 340 g/mol. The maximum Gasteiger partial charge on any atom is 0.260 e. The Morgan fingerprint density at radius 2 is 1.92 bits per heavy atom. The third-order valence-electron chi connectivity index (χ3n) is 3.64. The number of ether oxygens (including phenoxy) is 1. The van der Waals surface area contributed by atoms with Crippen molar-refractivity contribution in [3.8, 4) is 5.75 Å². The topological polar surface area (TPSA) is 54.1 Å². The van der Waals surface area contributed by atoms with Crippen molar-refractivity contribution in [1.29, 1.82) is 0 Å². The number of hydrogen-bond donors (Lipinski definition) is 2. The normalized spacial score (nSPS) is 12.0. The Hall–Kier alpha value is -2.40. The Morgan fingerprint density at radius 3 is 2.75 bits per heavy atom. The Balaban J connectivity index is 1.43. The molecule has 3 aromatic rings. The molecule has 1 heterocycles. The van der Waals surface area contributed by atoms with Crippen molar-refractivity contribution in [2.75, 3.05) is 12.3 Å². The summed E-state index contributed by atoms with van der Waals surface area (Å²) in [6.07, 6.45) is 1.50. The number of amides is 1. The Labute approximate surface area is 145 Å². The molecular formula is C19H20N2O2S. The Bertz CT molecular complexity index is 801. The Morgan fingerprint density at radius 1 is 1.17 bits per heavy atom. The third kappa shape index (κ3) is 4.11. The maximum absolute atomic E-state index is 12.1. The van der Waals surface area contributed by atoms with Gasteiger partial charge in [-0.05, 0) is 25.1 Å². The van der Waals surface area contributed by atoms with Gasteiger partial charge in [0.25, 0.3) is 5.91 Å². The minimum absolute atomic E-state index is 0.0987. The van der Waals surface area contributed by atoms with Crippen molar-refractivity contribution in [2.24, 2.45) is 0 Å². The average Bonchev–Trinajstić information content (AvgIpc) is 3.02. The molecule has 2 aromatic carbocycles. The number of aromatic nitrogens is 1. The van der Waals surface area contributed by atoms with Crippen LogP contribution in [0, 0.1) is 0 Å². The summed E-state index contributed by atoms with van der Waals surface area (Å²) >= 11 is 1.73. The van der Waals surface area contributed by atoms with E-state index in [-0.39, 0.29) is 5.91 Å². The van der Waals surface area contributed by atoms with Crippen LogP contribution in [0.15, 0.2) is 65.7 Å². The van der Waals surface area contributed by atoms with Crippen molar-refractivity contribution < 1.29 is 9.53 Å². The van der Waals surface area contributed by atoms with Gasteiger partial charge in [-0.3, -0.25) is 4.79 Å². The first kappa shape index (κ1) is 16.5. The van der Waals surface area contributed by atoms with Gasteiger partial charge in [-0.25, -0.2) is 0 Å². The first-order chi connectivity index (χ1) is 11.7. The fraction of sp³-hybridized carbons (Fsp3) is 0.211. The van der Waals surface area contributed by atoms with Crippen LogP contribution in [0.1, 0.15) is 6.92 Å². The van der Waals surface area contributed by atoms with Crippen molar-refractivity contribution in [2.45, 2.75) is 17.9 Å². The van der Waals surface area contributed by atoms with Gasteiger partial charge in [-0.1, -0.05) is 36.4 Å². The van der Waals surface area contributed by atoms with E-state index >= 15 is 0 Å². The number of thioether (sulfide) groups is 1. The lowest BCUT2D eigenvalue weighted by molar-refractivity contribution is -0.127. The molecule has 0 fully saturated rings. The highest BCUT2D eigenvalue weighted by molar-refractivity contribution is 7.99. The fourth-order valence-electron chi connectivity index (χ4n) is 2.40. The molecule has 24 heavy (non-hydrogen) atoms. The zero-order valence-electron chi connectivity index (χ0n) is 13.5. The number of rotatable bonds is 7. The van der Waals surface area contributed by atoms with Gasteiger partial charge in [0.15, 0.2) is 6.10 Å². The van der Waals surface area contributed by atoms with Gasteiger partial charge >= 0.3 is 0 Å². The average molecular weight is 340 g/mol. The number of benzene rings is 2. The number of hydrogen-bond acceptors (Lipinski definition) is 3. The molecule has 4 nitrogen and oxygen atoms in total. The second-order valence-electron chi connectivity index (χ2n) is 5.41. The fourth-order valence-corrected chi connectivity index (χ4v) is 3.30. The molecule has 5 heteroatoms. The van der Waals surface area contributed by atoms with E-state index in [9.17, 15) is 4.79 Å². The minimum atomic E-state index is -0.509. The van der Waals surface area contributed by atoms with Crippen LogP contribution in [-0.2, 0) is 4.79 Å². The van der Waals surface area contributed by atoms with Crippen LogP contribution in [0.3, 0.4) is 0 Å². The van der Waals surface area contributed by atoms with Gasteiger partial charge in [-0.15, -0.1) is 11.8 Å². The lowest BCUT2D eigenvalue weighted by atomic mass is 10.2. The van der Waals surface area contributed by atoms with Crippen LogP contribution < -0.4 is 10.1 Å². The van der Waals surface area contributed by atoms with E-state index in [0.29, 0.717) is 12.3 Å². The highest BCUT2D eigenvalue weighted by atomic mass is 32.2. The van der Waals surface area contributed by atoms with Crippen LogP contribution in [-0.4, -0.2) is 29.3 Å². The van der Waals surface area contributed by atoms with Crippen LogP contribution >= 0.6 is 11.8 Å². The molecule has 0 bridgehead atoms. The molecule has 1 atom stereocenters. The van der Waals surface area contributed by atoms with Crippen molar-refractivity contribution >= 4 is 28.6 Å². The van der Waals surface area contributed by atoms with Crippen molar-refractivity contribution in [1.82, 2.24) is 10.3 Å². The first-order valence-corrected chi connectivity index (χ1v) is 8.91. The molecule has 0 saturated carbocycles. The van der Waals surface area contributed by atoms with E-state index in [1.165, 1.54) is 10.3 Å². The number of carbonyl (C=O) groups is 1. The van der Waals surface area contributed by atoms with Gasteiger partial charge in [0.2, 0.25) is 0 Å². The second-order valence-corrected chi connectivity index (χ2v) is 6.55. The predicted molar refractivity (Wildman–Crippen MR) is 98.6 cm³/mol. The molecule has 0 radical (unpaired) electrons. The van der Waals surface area contributed by atoms with Crippen molar-refractivity contribution in [3.63, 3.8) is 0 Å². The zero-order valence-corrected chi connectivity index (χ0v) is 14.3. The summed E-state index contributed by atoms with van der Waals surface area (Å²) < 4.78 is 5.61. The number of fused-ring (bicyclic) bond motifs is 1. The molecular weight excluding hydrogens is 320 g/mol. The molecule has 0 aliphatic carbocycles. The number of H-pyrrole nitrogens is 1. The minimum Gasteiger partial charge on any atom is -0.481 e. The summed E-state index contributed by atoms with van der Waals surface area (Å²) in [4.78, 5) is 16.5. The third-order valence-corrected chi connectivity index (χ3v) is 4.69. The summed E-state index contributed by atoms with van der Waals surface area (Å²) in [7, 11) is 0. The molecule has 0 aliphatic heterocycles. The van der Waals surface area contributed by atoms with E-state index < -0.39 is 6.10 Å². The molecule has 1 aromatic heterocycles. The van der Waals surface area contributed by atoms with Gasteiger partial charge in [0.1, 0.15) is 5.75 Å². The molecule has 2 N–H and O–H groups in total. The summed E-state index contributed by atoms with van der Waals surface area (Å²) in [5.41, 5.74) is 1.13. The highest BCUT2D eigenvalue weighted by Crippen LogP contribution is 2.27. The molecule has 0 unspecified atom stereocenters. The molecule has 124 valence electrons. The second kappa shape index (κ2) is 7.93. The SMILES string of the molecule is C[C@H](Oc1ccccc1)C(=O)NCCSc1c[nH]c2ccccc12. The zero-order chi connectivity index (χ0) is 16.8. The molecule has 0 spiro atoms. The van der Waals surface area contributed by atoms with E-state index in [4.69, 9.17) is 4.74 Å². The lowest BCUT2D eigenvalue weighted by Crippen LogP contribution is -2.37. The first-order valence-electron chi connectivity index (χ1n) is 7.92. The highest BCUT2D eigenvalue weighted by Gasteiger charge is 2.13. The van der Waals surface area contributed by atoms with E-state index in [1.807, 2.05) is 48.7 Å². The van der Waals surface area contributed by atoms with Gasteiger partial charge < -0.3 is 15.0 Å². The number of nitrogens with one attached hydrogen (secondary N) is 2. The number of carbonyl (C=O) groups excluding carboxylic acids is 1. The van der Waals surface area contributed by atoms with E-state index in [0.717, 1.165) is 11.3 Å². The van der Waals surface area contributed by atoms with Crippen LogP contribution in [0.25, 0.3) is 10.9 Å². The summed E-state index contributed by atoms with van der Waals surface area (Å²) in [6.45, 7) is 2.36. The predicted octanol–water partition coefficient (Wildman–Crippen LogP) is 3.84. The summed E-state index contributed by atoms with van der Waals surface area (Å²) in [5, 5.41) is 4.14. The molecule has 0 saturated heterocycles. The smallest absolute Gasteiger partial charge is 0.260 e. The largest absolute Gasteiger partial charge is 0.481 e. The van der Waals surface area contributed by atoms with Gasteiger partial charge in [0.05, 0.1) is 0 Å². The van der Waals surface area contributed by atoms with E-state index in [1.54, 1.807) is 18.7 Å². The molecule has 3 rings (SSSR count). The van der Waals surface area contributed by atoms with Crippen molar-refractivity contribution in [3.05, 3.63) is 60.8 Å². The quantitative estimate of drug-likeness (QED) is 0.507. The summed E-state index contributed by atoms with van der Waals surface area (Å²) in [5.74, 6) is 1.41. The summed E-state index contributed by atoms with van der Waals surface area (Å²) in [6, 6.07) is 17.6. The van der Waals surface area contributed by atoms with Crippen LogP contribution in [0.2, 0.25) is 0 Å². The number of para-hydroxylation sites is 2. The standard InChI is InChI=1S/C19H20N2O2S/c1-14(23-15-7-3-2-4-8-15)19(22)20-11-12-24-18-13-21-17-10-6-5-9-16(17)18/h2-10,13-14,21H,11-12H2,1H3,(H,20,22)/t14-/m0/s1. The lowest BCUT2D eigenvalue weighted by Gasteiger charge is -2.14. The van der Waals surface area contributed by atoms with E-state index in [2.05, 4.69) is 22.4 Å².